The zero-order valence-corrected chi connectivity index (χ0v) is 17.6. The van der Waals surface area contributed by atoms with E-state index in [1.807, 2.05) is 65.1 Å². The highest BCUT2D eigenvalue weighted by atomic mass is 32.2. The van der Waals surface area contributed by atoms with Crippen LogP contribution in [-0.4, -0.2) is 71.0 Å². The fraction of sp³-hybridized carbons (Fsp3) is 0.350. The molecule has 1 fully saturated rings. The van der Waals surface area contributed by atoms with Crippen LogP contribution in [0.1, 0.15) is 5.82 Å². The minimum absolute atomic E-state index is 0.0410. The first-order chi connectivity index (χ1) is 14.5. The standard InChI is InChI=1S/C20H24N6O3S/c1-17-21-9-10-26(17)20-8-7-19(22-23-20)24-11-13-25(14-12-24)30(27,28)16-15-29-18-5-3-2-4-6-18/h2-10H,11-16H2,1H3. The maximum absolute atomic E-state index is 12.6. The smallest absolute Gasteiger partial charge is 0.217 e. The van der Waals surface area contributed by atoms with Gasteiger partial charge in [0.1, 0.15) is 18.2 Å². The summed E-state index contributed by atoms with van der Waals surface area (Å²) in [5.74, 6) is 2.91. The minimum Gasteiger partial charge on any atom is -0.492 e. The van der Waals surface area contributed by atoms with E-state index in [9.17, 15) is 8.42 Å². The Morgan fingerprint density at radius 3 is 2.30 bits per heavy atom. The highest BCUT2D eigenvalue weighted by molar-refractivity contribution is 7.89. The van der Waals surface area contributed by atoms with Crippen LogP contribution in [-0.2, 0) is 10.0 Å². The molecular formula is C20H24N6O3S. The zero-order valence-electron chi connectivity index (χ0n) is 16.8. The molecule has 0 aliphatic carbocycles. The van der Waals surface area contributed by atoms with Gasteiger partial charge in [-0.25, -0.2) is 13.4 Å². The van der Waals surface area contributed by atoms with Crippen LogP contribution in [0.5, 0.6) is 5.75 Å². The van der Waals surface area contributed by atoms with Gasteiger partial charge >= 0.3 is 0 Å². The van der Waals surface area contributed by atoms with Gasteiger partial charge in [0.15, 0.2) is 11.6 Å². The van der Waals surface area contributed by atoms with Gasteiger partial charge in [0.2, 0.25) is 10.0 Å². The molecule has 0 N–H and O–H groups in total. The van der Waals surface area contributed by atoms with Crippen molar-refractivity contribution < 1.29 is 13.2 Å². The molecule has 2 aromatic heterocycles. The number of ether oxygens (including phenoxy) is 1. The van der Waals surface area contributed by atoms with Crippen molar-refractivity contribution in [2.24, 2.45) is 0 Å². The average Bonchev–Trinajstić information content (AvgIpc) is 3.20. The summed E-state index contributed by atoms with van der Waals surface area (Å²) in [4.78, 5) is 6.23. The van der Waals surface area contributed by atoms with E-state index in [-0.39, 0.29) is 12.4 Å². The Balaban J connectivity index is 1.30. The Labute approximate surface area is 176 Å². The molecule has 4 rings (SSSR count). The topological polar surface area (TPSA) is 93.5 Å². The number of hydrogen-bond acceptors (Lipinski definition) is 7. The Kier molecular flexibility index (Phi) is 5.96. The normalized spacial score (nSPS) is 15.3. The molecule has 3 heterocycles. The number of aryl methyl sites for hydroxylation is 1. The van der Waals surface area contributed by atoms with Crippen molar-refractivity contribution in [3.63, 3.8) is 0 Å². The lowest BCUT2D eigenvalue weighted by Crippen LogP contribution is -2.50. The van der Waals surface area contributed by atoms with Crippen molar-refractivity contribution in [2.75, 3.05) is 43.4 Å². The predicted molar refractivity (Wildman–Crippen MR) is 113 cm³/mol. The number of benzene rings is 1. The molecule has 0 saturated carbocycles. The van der Waals surface area contributed by atoms with E-state index in [0.717, 1.165) is 11.6 Å². The summed E-state index contributed by atoms with van der Waals surface area (Å²) in [6.45, 7) is 4.00. The Morgan fingerprint density at radius 2 is 1.67 bits per heavy atom. The highest BCUT2D eigenvalue weighted by Crippen LogP contribution is 2.17. The number of rotatable bonds is 7. The maximum atomic E-state index is 12.6. The lowest BCUT2D eigenvalue weighted by atomic mass is 10.3. The number of anilines is 1. The van der Waals surface area contributed by atoms with Gasteiger partial charge in [-0.3, -0.25) is 4.57 Å². The van der Waals surface area contributed by atoms with Crippen molar-refractivity contribution in [2.45, 2.75) is 6.92 Å². The number of para-hydroxylation sites is 1. The van der Waals surface area contributed by atoms with E-state index in [0.29, 0.717) is 37.7 Å². The van der Waals surface area contributed by atoms with Crippen LogP contribution >= 0.6 is 0 Å². The number of hydrogen-bond donors (Lipinski definition) is 0. The summed E-state index contributed by atoms with van der Waals surface area (Å²) in [6.07, 6.45) is 3.56. The quantitative estimate of drug-likeness (QED) is 0.563. The third kappa shape index (κ3) is 4.60. The molecule has 158 valence electrons. The van der Waals surface area contributed by atoms with Crippen LogP contribution in [0.3, 0.4) is 0 Å². The maximum Gasteiger partial charge on any atom is 0.217 e. The van der Waals surface area contributed by atoms with Crippen molar-refractivity contribution in [1.29, 1.82) is 0 Å². The summed E-state index contributed by atoms with van der Waals surface area (Å²) in [5.41, 5.74) is 0. The molecule has 0 spiro atoms. The average molecular weight is 429 g/mol. The van der Waals surface area contributed by atoms with Crippen molar-refractivity contribution in [3.05, 3.63) is 60.7 Å². The van der Waals surface area contributed by atoms with Crippen LogP contribution < -0.4 is 9.64 Å². The van der Waals surface area contributed by atoms with Crippen LogP contribution in [0.15, 0.2) is 54.9 Å². The number of piperazine rings is 1. The van der Waals surface area contributed by atoms with Crippen LogP contribution in [0.4, 0.5) is 5.82 Å². The van der Waals surface area contributed by atoms with E-state index in [1.165, 1.54) is 4.31 Å². The molecule has 1 aliphatic rings. The SMILES string of the molecule is Cc1nccn1-c1ccc(N2CCN(S(=O)(=O)CCOc3ccccc3)CC2)nn1. The molecule has 1 saturated heterocycles. The van der Waals surface area contributed by atoms with E-state index in [1.54, 1.807) is 6.20 Å². The van der Waals surface area contributed by atoms with Crippen molar-refractivity contribution >= 4 is 15.8 Å². The first-order valence-electron chi connectivity index (χ1n) is 9.78. The van der Waals surface area contributed by atoms with Gasteiger partial charge < -0.3 is 9.64 Å². The molecule has 10 heteroatoms. The molecule has 0 bridgehead atoms. The third-order valence-corrected chi connectivity index (χ3v) is 6.85. The number of nitrogens with zero attached hydrogens (tertiary/aromatic N) is 6. The number of aromatic nitrogens is 4. The summed E-state index contributed by atoms with van der Waals surface area (Å²) in [6, 6.07) is 13.0. The predicted octanol–water partition coefficient (Wildman–Crippen LogP) is 1.50. The molecule has 30 heavy (non-hydrogen) atoms. The molecule has 0 radical (unpaired) electrons. The van der Waals surface area contributed by atoms with Crippen LogP contribution in [0.2, 0.25) is 0 Å². The lowest BCUT2D eigenvalue weighted by Gasteiger charge is -2.34. The molecular weight excluding hydrogens is 404 g/mol. The Bertz CT molecular complexity index is 1060. The van der Waals surface area contributed by atoms with Crippen molar-refractivity contribution in [3.8, 4) is 11.6 Å². The minimum atomic E-state index is -3.36. The van der Waals surface area contributed by atoms with Gasteiger partial charge in [0, 0.05) is 38.6 Å². The monoisotopic (exact) mass is 428 g/mol. The second kappa shape index (κ2) is 8.80. The van der Waals surface area contributed by atoms with Crippen LogP contribution in [0, 0.1) is 6.92 Å². The van der Waals surface area contributed by atoms with E-state index >= 15 is 0 Å². The Morgan fingerprint density at radius 1 is 0.967 bits per heavy atom. The van der Waals surface area contributed by atoms with Gasteiger partial charge in [0.25, 0.3) is 0 Å². The molecule has 0 amide bonds. The Hall–Kier alpha value is -2.98. The summed E-state index contributed by atoms with van der Waals surface area (Å²) in [7, 11) is -3.36. The molecule has 1 aliphatic heterocycles. The second-order valence-electron chi connectivity index (χ2n) is 6.96. The fourth-order valence-corrected chi connectivity index (χ4v) is 4.61. The van der Waals surface area contributed by atoms with Gasteiger partial charge in [-0.15, -0.1) is 10.2 Å². The van der Waals surface area contributed by atoms with Gasteiger partial charge in [-0.05, 0) is 31.2 Å². The zero-order chi connectivity index (χ0) is 21.0. The lowest BCUT2D eigenvalue weighted by molar-refractivity contribution is 0.331. The fourth-order valence-electron chi connectivity index (χ4n) is 3.34. The number of sulfonamides is 1. The molecule has 1 aromatic carbocycles. The first kappa shape index (κ1) is 20.3. The van der Waals surface area contributed by atoms with Gasteiger partial charge in [-0.1, -0.05) is 18.2 Å². The summed E-state index contributed by atoms with van der Waals surface area (Å²) < 4.78 is 34.1. The molecule has 9 nitrogen and oxygen atoms in total. The first-order valence-corrected chi connectivity index (χ1v) is 11.4. The van der Waals surface area contributed by atoms with E-state index in [4.69, 9.17) is 4.74 Å². The third-order valence-electron chi connectivity index (χ3n) is 5.02. The van der Waals surface area contributed by atoms with E-state index in [2.05, 4.69) is 15.2 Å². The number of imidazole rings is 1. The summed E-state index contributed by atoms with van der Waals surface area (Å²) >= 11 is 0. The largest absolute Gasteiger partial charge is 0.492 e. The second-order valence-corrected chi connectivity index (χ2v) is 9.05. The van der Waals surface area contributed by atoms with Gasteiger partial charge in [-0.2, -0.15) is 4.31 Å². The summed E-state index contributed by atoms with van der Waals surface area (Å²) in [5, 5.41) is 8.59. The van der Waals surface area contributed by atoms with Crippen molar-refractivity contribution in [1.82, 2.24) is 24.1 Å². The van der Waals surface area contributed by atoms with Gasteiger partial charge in [0.05, 0.1) is 5.75 Å². The molecule has 3 aromatic rings. The van der Waals surface area contributed by atoms with Crippen LogP contribution in [0.25, 0.3) is 5.82 Å². The molecule has 0 atom stereocenters. The molecule has 0 unspecified atom stereocenters. The van der Waals surface area contributed by atoms with E-state index < -0.39 is 10.0 Å². The highest BCUT2D eigenvalue weighted by Gasteiger charge is 2.27.